The van der Waals surface area contributed by atoms with E-state index in [0.29, 0.717) is 11.3 Å². The molecule has 0 aromatic carbocycles. The third-order valence-electron chi connectivity index (χ3n) is 1.59. The fraction of sp³-hybridized carbons (Fsp3) is 0.125. The quantitative estimate of drug-likeness (QED) is 0.713. The summed E-state index contributed by atoms with van der Waals surface area (Å²) in [5.74, 6) is -0.0434. The molecule has 0 atom stereocenters. The molecular formula is C8H6N2OS2. The summed E-state index contributed by atoms with van der Waals surface area (Å²) in [6, 6.07) is 1.87. The van der Waals surface area contributed by atoms with Crippen molar-refractivity contribution in [3.8, 4) is 0 Å². The first kappa shape index (κ1) is 8.52. The molecule has 3 nitrogen and oxygen atoms in total. The highest BCUT2D eigenvalue weighted by Gasteiger charge is 2.12. The van der Waals surface area contributed by atoms with Crippen LogP contribution in [0.1, 0.15) is 20.9 Å². The number of nitrogens with zero attached hydrogens (tertiary/aromatic N) is 2. The third-order valence-corrected chi connectivity index (χ3v) is 2.95. The van der Waals surface area contributed by atoms with Crippen LogP contribution in [0.4, 0.5) is 0 Å². The monoisotopic (exact) mass is 210 g/mol. The molecule has 2 rings (SSSR count). The maximum atomic E-state index is 11.6. The van der Waals surface area contributed by atoms with Crippen molar-refractivity contribution in [2.24, 2.45) is 0 Å². The van der Waals surface area contributed by atoms with Crippen LogP contribution in [0.2, 0.25) is 0 Å². The second-order valence-corrected chi connectivity index (χ2v) is 4.29. The van der Waals surface area contributed by atoms with E-state index in [1.165, 1.54) is 11.5 Å². The predicted octanol–water partition coefficient (Wildman–Crippen LogP) is 2.14. The topological polar surface area (TPSA) is 42.9 Å². The molecule has 0 radical (unpaired) electrons. The summed E-state index contributed by atoms with van der Waals surface area (Å²) >= 11 is 2.76. The first-order valence-electron chi connectivity index (χ1n) is 3.64. The minimum atomic E-state index is -0.0434. The number of aryl methyl sites for hydroxylation is 1. The first-order valence-corrected chi connectivity index (χ1v) is 5.36. The minimum Gasteiger partial charge on any atom is -0.287 e. The summed E-state index contributed by atoms with van der Waals surface area (Å²) in [7, 11) is 0. The van der Waals surface area contributed by atoms with Crippen LogP contribution in [-0.2, 0) is 0 Å². The molecule has 2 aromatic rings. The van der Waals surface area contributed by atoms with Gasteiger partial charge in [-0.1, -0.05) is 4.49 Å². The van der Waals surface area contributed by atoms with Crippen LogP contribution in [0, 0.1) is 6.92 Å². The fourth-order valence-electron chi connectivity index (χ4n) is 0.974. The Balaban J connectivity index is 2.33. The van der Waals surface area contributed by atoms with Gasteiger partial charge in [-0.3, -0.25) is 4.79 Å². The lowest BCUT2D eigenvalue weighted by molar-refractivity contribution is 0.103. The van der Waals surface area contributed by atoms with Gasteiger partial charge >= 0.3 is 0 Å². The van der Waals surface area contributed by atoms with Crippen LogP contribution >= 0.6 is 22.9 Å². The maximum absolute atomic E-state index is 11.6. The number of hydrogen-bond acceptors (Lipinski definition) is 5. The van der Waals surface area contributed by atoms with E-state index in [2.05, 4.69) is 9.59 Å². The summed E-state index contributed by atoms with van der Waals surface area (Å²) < 4.78 is 3.65. The van der Waals surface area contributed by atoms with E-state index in [1.807, 2.05) is 18.4 Å². The average molecular weight is 210 g/mol. The minimum absolute atomic E-state index is 0.0434. The summed E-state index contributed by atoms with van der Waals surface area (Å²) in [4.78, 5) is 12.8. The largest absolute Gasteiger partial charge is 0.287 e. The fourth-order valence-corrected chi connectivity index (χ4v) is 2.09. The van der Waals surface area contributed by atoms with Gasteiger partial charge in [-0.15, -0.1) is 16.4 Å². The van der Waals surface area contributed by atoms with E-state index >= 15 is 0 Å². The maximum Gasteiger partial charge on any atom is 0.215 e. The molecule has 0 unspecified atom stereocenters. The molecule has 13 heavy (non-hydrogen) atoms. The zero-order valence-corrected chi connectivity index (χ0v) is 8.48. The number of carbonyl (C=O) groups is 1. The number of carbonyl (C=O) groups excluding carboxylic acids is 1. The normalized spacial score (nSPS) is 10.2. The van der Waals surface area contributed by atoms with Crippen molar-refractivity contribution in [3.05, 3.63) is 33.0 Å². The van der Waals surface area contributed by atoms with Crippen LogP contribution in [0.3, 0.4) is 0 Å². The Bertz CT molecular complexity index is 419. The van der Waals surface area contributed by atoms with Crippen molar-refractivity contribution < 1.29 is 4.79 Å². The molecule has 66 valence electrons. The van der Waals surface area contributed by atoms with Crippen molar-refractivity contribution in [1.82, 2.24) is 9.59 Å². The number of rotatable bonds is 2. The van der Waals surface area contributed by atoms with Crippen molar-refractivity contribution in [3.63, 3.8) is 0 Å². The van der Waals surface area contributed by atoms with Gasteiger partial charge in [0.25, 0.3) is 0 Å². The van der Waals surface area contributed by atoms with Crippen LogP contribution in [0.15, 0.2) is 16.8 Å². The molecule has 0 N–H and O–H groups in total. The van der Waals surface area contributed by atoms with E-state index < -0.39 is 0 Å². The Hall–Kier alpha value is -1.07. The lowest BCUT2D eigenvalue weighted by Gasteiger charge is -1.88. The number of thiophene rings is 1. The average Bonchev–Trinajstić information content (AvgIpc) is 2.72. The molecule has 0 bridgehead atoms. The predicted molar refractivity (Wildman–Crippen MR) is 52.4 cm³/mol. The van der Waals surface area contributed by atoms with Crippen molar-refractivity contribution in [1.29, 1.82) is 0 Å². The van der Waals surface area contributed by atoms with E-state index in [0.717, 1.165) is 4.88 Å². The van der Waals surface area contributed by atoms with E-state index in [1.54, 1.807) is 16.7 Å². The van der Waals surface area contributed by atoms with E-state index in [-0.39, 0.29) is 5.78 Å². The van der Waals surface area contributed by atoms with Crippen LogP contribution in [-0.4, -0.2) is 15.4 Å². The molecule has 0 aliphatic heterocycles. The van der Waals surface area contributed by atoms with Crippen LogP contribution in [0.5, 0.6) is 0 Å². The third kappa shape index (κ3) is 1.66. The molecule has 0 spiro atoms. The molecule has 2 heterocycles. The van der Waals surface area contributed by atoms with Gasteiger partial charge in [-0.25, -0.2) is 0 Å². The molecule has 2 aromatic heterocycles. The molecule has 0 aliphatic rings. The molecule has 0 aliphatic carbocycles. The molecule has 5 heteroatoms. The number of ketones is 1. The summed E-state index contributed by atoms with van der Waals surface area (Å²) in [5.41, 5.74) is 1.14. The zero-order chi connectivity index (χ0) is 9.26. The van der Waals surface area contributed by atoms with Gasteiger partial charge in [-0.05, 0) is 24.5 Å². The zero-order valence-electron chi connectivity index (χ0n) is 6.85. The standard InChI is InChI=1S/C8H6N2OS2/c1-5-2-6(3-12-5)8(11)7-4-13-10-9-7/h2-4H,1H3. The smallest absolute Gasteiger partial charge is 0.215 e. The van der Waals surface area contributed by atoms with Gasteiger partial charge < -0.3 is 0 Å². The van der Waals surface area contributed by atoms with Gasteiger partial charge in [0, 0.05) is 21.2 Å². The Morgan fingerprint density at radius 1 is 1.46 bits per heavy atom. The van der Waals surface area contributed by atoms with Gasteiger partial charge in [-0.2, -0.15) is 0 Å². The van der Waals surface area contributed by atoms with Crippen LogP contribution < -0.4 is 0 Å². The summed E-state index contributed by atoms with van der Waals surface area (Å²) in [6.45, 7) is 1.97. The Labute approximate surface area is 83.2 Å². The second-order valence-electron chi connectivity index (χ2n) is 2.57. The Kier molecular flexibility index (Phi) is 2.20. The summed E-state index contributed by atoms with van der Waals surface area (Å²) in [5, 5.41) is 7.23. The van der Waals surface area contributed by atoms with Gasteiger partial charge in [0.15, 0.2) is 0 Å². The summed E-state index contributed by atoms with van der Waals surface area (Å²) in [6.07, 6.45) is 0. The van der Waals surface area contributed by atoms with E-state index in [4.69, 9.17) is 0 Å². The lowest BCUT2D eigenvalue weighted by Crippen LogP contribution is -1.99. The number of aromatic nitrogens is 2. The van der Waals surface area contributed by atoms with E-state index in [9.17, 15) is 4.79 Å². The number of hydrogen-bond donors (Lipinski definition) is 0. The SMILES string of the molecule is Cc1cc(C(=O)c2csnn2)cs1. The van der Waals surface area contributed by atoms with Crippen molar-refractivity contribution in [2.75, 3.05) is 0 Å². The highest BCUT2D eigenvalue weighted by molar-refractivity contribution is 7.10. The van der Waals surface area contributed by atoms with Gasteiger partial charge in [0.1, 0.15) is 5.69 Å². The molecular weight excluding hydrogens is 204 g/mol. The lowest BCUT2D eigenvalue weighted by atomic mass is 10.2. The van der Waals surface area contributed by atoms with Crippen molar-refractivity contribution in [2.45, 2.75) is 6.92 Å². The molecule has 0 fully saturated rings. The van der Waals surface area contributed by atoms with Crippen LogP contribution in [0.25, 0.3) is 0 Å². The first-order chi connectivity index (χ1) is 6.27. The van der Waals surface area contributed by atoms with Gasteiger partial charge in [0.05, 0.1) is 0 Å². The molecule has 0 saturated carbocycles. The highest BCUT2D eigenvalue weighted by atomic mass is 32.1. The highest BCUT2D eigenvalue weighted by Crippen LogP contribution is 2.16. The Morgan fingerprint density at radius 3 is 2.85 bits per heavy atom. The van der Waals surface area contributed by atoms with Crippen molar-refractivity contribution >= 4 is 28.7 Å². The van der Waals surface area contributed by atoms with Gasteiger partial charge in [0.2, 0.25) is 5.78 Å². The molecule has 0 amide bonds. The second kappa shape index (κ2) is 3.35. The molecule has 0 saturated heterocycles. The Morgan fingerprint density at radius 2 is 2.31 bits per heavy atom.